The third-order valence-corrected chi connectivity index (χ3v) is 5.14. The van der Waals surface area contributed by atoms with Crippen molar-refractivity contribution in [2.75, 3.05) is 10.5 Å². The van der Waals surface area contributed by atoms with Gasteiger partial charge in [-0.05, 0) is 38.1 Å². The van der Waals surface area contributed by atoms with Gasteiger partial charge < -0.3 is 5.73 Å². The highest BCUT2D eigenvalue weighted by atomic mass is 32.2. The second-order valence-electron chi connectivity index (χ2n) is 4.12. The number of aryl methyl sites for hydroxylation is 2. The quantitative estimate of drug-likeness (QED) is 0.856. The molecule has 0 saturated carbocycles. The van der Waals surface area contributed by atoms with Gasteiger partial charge in [-0.25, -0.2) is 12.8 Å². The molecule has 2 rings (SSSR count). The molecule has 3 N–H and O–H groups in total. The Balaban J connectivity index is 2.36. The fourth-order valence-electron chi connectivity index (χ4n) is 1.69. The number of hydrogen-bond donors (Lipinski definition) is 2. The van der Waals surface area contributed by atoms with E-state index in [1.807, 2.05) is 6.92 Å². The van der Waals surface area contributed by atoms with Gasteiger partial charge in [0, 0.05) is 9.75 Å². The summed E-state index contributed by atoms with van der Waals surface area (Å²) < 4.78 is 39.8. The first-order valence-corrected chi connectivity index (χ1v) is 7.74. The summed E-state index contributed by atoms with van der Waals surface area (Å²) in [5.74, 6) is -0.578. The first-order valence-electron chi connectivity index (χ1n) is 5.44. The van der Waals surface area contributed by atoms with Crippen LogP contribution >= 0.6 is 11.3 Å². The molecule has 1 aromatic heterocycles. The Morgan fingerprint density at radius 1 is 1.26 bits per heavy atom. The van der Waals surface area contributed by atoms with Gasteiger partial charge >= 0.3 is 0 Å². The topological polar surface area (TPSA) is 72.2 Å². The van der Waals surface area contributed by atoms with Crippen LogP contribution in [0, 0.1) is 19.7 Å². The number of thiophene rings is 1. The second kappa shape index (κ2) is 4.82. The maximum atomic E-state index is 13.0. The minimum absolute atomic E-state index is 0.0987. The zero-order valence-electron chi connectivity index (χ0n) is 10.4. The Bertz CT molecular complexity index is 723. The maximum absolute atomic E-state index is 13.0. The van der Waals surface area contributed by atoms with Crippen molar-refractivity contribution in [3.63, 3.8) is 0 Å². The number of anilines is 2. The van der Waals surface area contributed by atoms with Gasteiger partial charge in [-0.1, -0.05) is 0 Å². The molecule has 0 spiro atoms. The highest BCUT2D eigenvalue weighted by Crippen LogP contribution is 2.27. The predicted octanol–water partition coefficient (Wildman–Crippen LogP) is 2.89. The normalized spacial score (nSPS) is 11.5. The predicted molar refractivity (Wildman–Crippen MR) is 75.4 cm³/mol. The van der Waals surface area contributed by atoms with Crippen LogP contribution in [0.15, 0.2) is 29.2 Å². The summed E-state index contributed by atoms with van der Waals surface area (Å²) in [4.78, 5) is 1.86. The molecule has 0 unspecified atom stereocenters. The lowest BCUT2D eigenvalue weighted by Gasteiger charge is -2.08. The molecular formula is C12H13FN2O2S2. The van der Waals surface area contributed by atoms with Crippen LogP contribution in [-0.2, 0) is 10.0 Å². The molecule has 0 atom stereocenters. The SMILES string of the molecule is Cc1cc(S(=O)(=O)Nc2ccc(F)c(N)c2)c(C)s1. The Labute approximate surface area is 115 Å². The molecule has 0 radical (unpaired) electrons. The fraction of sp³-hybridized carbons (Fsp3) is 0.167. The van der Waals surface area contributed by atoms with Gasteiger partial charge in [0.1, 0.15) is 10.7 Å². The average Bonchev–Trinajstić information content (AvgIpc) is 2.63. The first kappa shape index (κ1) is 13.8. The largest absolute Gasteiger partial charge is 0.396 e. The van der Waals surface area contributed by atoms with Crippen LogP contribution in [0.1, 0.15) is 9.75 Å². The minimum atomic E-state index is -3.67. The highest BCUT2D eigenvalue weighted by molar-refractivity contribution is 7.93. The van der Waals surface area contributed by atoms with E-state index in [0.29, 0.717) is 4.88 Å². The molecule has 0 aliphatic heterocycles. The Hall–Kier alpha value is -1.60. The second-order valence-corrected chi connectivity index (χ2v) is 7.23. The molecule has 1 heterocycles. The third kappa shape index (κ3) is 2.87. The molecule has 0 saturated heterocycles. The van der Waals surface area contributed by atoms with E-state index in [9.17, 15) is 12.8 Å². The third-order valence-electron chi connectivity index (χ3n) is 2.53. The monoisotopic (exact) mass is 300 g/mol. The zero-order chi connectivity index (χ0) is 14.2. The van der Waals surface area contributed by atoms with E-state index in [1.165, 1.54) is 23.5 Å². The van der Waals surface area contributed by atoms with E-state index < -0.39 is 15.8 Å². The molecule has 0 aliphatic rings. The van der Waals surface area contributed by atoms with Crippen LogP contribution in [0.4, 0.5) is 15.8 Å². The van der Waals surface area contributed by atoms with E-state index in [2.05, 4.69) is 4.72 Å². The summed E-state index contributed by atoms with van der Waals surface area (Å²) in [5, 5.41) is 0. The molecule has 2 aromatic rings. The van der Waals surface area contributed by atoms with Gasteiger partial charge in [-0.15, -0.1) is 11.3 Å². The summed E-state index contributed by atoms with van der Waals surface area (Å²) in [6, 6.07) is 5.31. The Morgan fingerprint density at radius 2 is 1.95 bits per heavy atom. The smallest absolute Gasteiger partial charge is 0.263 e. The zero-order valence-corrected chi connectivity index (χ0v) is 12.0. The number of nitrogens with two attached hydrogens (primary N) is 1. The maximum Gasteiger partial charge on any atom is 0.263 e. The first-order chi connectivity index (χ1) is 8.79. The Kier molecular flexibility index (Phi) is 3.51. The summed E-state index contributed by atoms with van der Waals surface area (Å²) in [7, 11) is -3.67. The minimum Gasteiger partial charge on any atom is -0.396 e. The molecule has 0 bridgehead atoms. The van der Waals surface area contributed by atoms with Crippen molar-refractivity contribution in [3.05, 3.63) is 39.8 Å². The summed E-state index contributed by atoms with van der Waals surface area (Å²) >= 11 is 1.41. The van der Waals surface area contributed by atoms with Crippen molar-refractivity contribution in [1.29, 1.82) is 0 Å². The molecule has 102 valence electrons. The summed E-state index contributed by atoms with van der Waals surface area (Å²) in [5.41, 5.74) is 5.54. The number of halogens is 1. The van der Waals surface area contributed by atoms with Crippen molar-refractivity contribution >= 4 is 32.7 Å². The van der Waals surface area contributed by atoms with Gasteiger partial charge in [0.15, 0.2) is 0 Å². The molecule has 4 nitrogen and oxygen atoms in total. The number of rotatable bonds is 3. The van der Waals surface area contributed by atoms with Crippen LogP contribution in [0.25, 0.3) is 0 Å². The number of benzene rings is 1. The number of sulfonamides is 1. The number of nitrogen functional groups attached to an aromatic ring is 1. The van der Waals surface area contributed by atoms with Crippen LogP contribution in [0.5, 0.6) is 0 Å². The van der Waals surface area contributed by atoms with Crippen LogP contribution in [0.3, 0.4) is 0 Å². The van der Waals surface area contributed by atoms with Gasteiger partial charge in [0.2, 0.25) is 0 Å². The van der Waals surface area contributed by atoms with E-state index in [-0.39, 0.29) is 16.3 Å². The van der Waals surface area contributed by atoms with Crippen molar-refractivity contribution in [1.82, 2.24) is 0 Å². The number of hydrogen-bond acceptors (Lipinski definition) is 4. The molecule has 1 aromatic carbocycles. The van der Waals surface area contributed by atoms with Gasteiger partial charge in [-0.3, -0.25) is 4.72 Å². The fourth-order valence-corrected chi connectivity index (χ4v) is 4.30. The van der Waals surface area contributed by atoms with E-state index in [0.717, 1.165) is 10.9 Å². The van der Waals surface area contributed by atoms with Crippen LogP contribution in [0.2, 0.25) is 0 Å². The molecule has 0 amide bonds. The van der Waals surface area contributed by atoms with E-state index in [1.54, 1.807) is 13.0 Å². The highest BCUT2D eigenvalue weighted by Gasteiger charge is 2.19. The van der Waals surface area contributed by atoms with Gasteiger partial charge in [0.25, 0.3) is 10.0 Å². The Morgan fingerprint density at radius 3 is 2.47 bits per heavy atom. The van der Waals surface area contributed by atoms with Gasteiger partial charge in [-0.2, -0.15) is 0 Å². The lowest BCUT2D eigenvalue weighted by atomic mass is 10.3. The lowest BCUT2D eigenvalue weighted by Crippen LogP contribution is -2.13. The molecular weight excluding hydrogens is 287 g/mol. The van der Waals surface area contributed by atoms with E-state index >= 15 is 0 Å². The summed E-state index contributed by atoms with van der Waals surface area (Å²) in [6.45, 7) is 3.58. The van der Waals surface area contributed by atoms with Crippen molar-refractivity contribution in [2.24, 2.45) is 0 Å². The van der Waals surface area contributed by atoms with Gasteiger partial charge in [0.05, 0.1) is 11.4 Å². The molecule has 0 fully saturated rings. The lowest BCUT2D eigenvalue weighted by molar-refractivity contribution is 0.601. The standard InChI is InChI=1S/C12H13FN2O2S2/c1-7-5-12(8(2)18-7)19(16,17)15-9-3-4-10(13)11(14)6-9/h3-6,15H,14H2,1-2H3. The van der Waals surface area contributed by atoms with Crippen molar-refractivity contribution < 1.29 is 12.8 Å². The molecule has 7 heteroatoms. The van der Waals surface area contributed by atoms with Crippen LogP contribution in [-0.4, -0.2) is 8.42 Å². The molecule has 19 heavy (non-hydrogen) atoms. The van der Waals surface area contributed by atoms with Crippen LogP contribution < -0.4 is 10.5 Å². The van der Waals surface area contributed by atoms with E-state index in [4.69, 9.17) is 5.73 Å². The van der Waals surface area contributed by atoms with Crippen molar-refractivity contribution in [2.45, 2.75) is 18.7 Å². The summed E-state index contributed by atoms with van der Waals surface area (Å²) in [6.07, 6.45) is 0. The van der Waals surface area contributed by atoms with Crippen molar-refractivity contribution in [3.8, 4) is 0 Å². The molecule has 0 aliphatic carbocycles. The average molecular weight is 300 g/mol. The number of nitrogens with one attached hydrogen (secondary N) is 1.